The first-order chi connectivity index (χ1) is 16.3. The Balaban J connectivity index is 1.49. The molecule has 0 unspecified atom stereocenters. The van der Waals surface area contributed by atoms with E-state index in [1.807, 2.05) is 24.0 Å². The van der Waals surface area contributed by atoms with E-state index in [-0.39, 0.29) is 31.6 Å². The number of nitrogens with zero attached hydrogens (tertiary/aromatic N) is 5. The monoisotopic (exact) mass is 468 g/mol. The normalized spacial score (nSPS) is 17.4. The summed E-state index contributed by atoms with van der Waals surface area (Å²) in [5.74, 6) is -1.47. The fourth-order valence-electron chi connectivity index (χ4n) is 4.49. The zero-order valence-electron chi connectivity index (χ0n) is 19.1. The van der Waals surface area contributed by atoms with Crippen LogP contribution < -0.4 is 15.1 Å². The van der Waals surface area contributed by atoms with Gasteiger partial charge in [-0.3, -0.25) is 9.78 Å². The van der Waals surface area contributed by atoms with Gasteiger partial charge in [0.15, 0.2) is 17.9 Å². The largest absolute Gasteiger partial charge is 0.448 e. The van der Waals surface area contributed by atoms with E-state index in [1.54, 1.807) is 13.1 Å². The molecule has 0 spiro atoms. The number of oxazole rings is 1. The maximum absolute atomic E-state index is 13.9. The number of nitrogens with one attached hydrogen (secondary N) is 1. The van der Waals surface area contributed by atoms with Gasteiger partial charge in [-0.25, -0.2) is 18.7 Å². The molecule has 3 aromatic heterocycles. The molecule has 1 saturated heterocycles. The molecule has 0 aliphatic carbocycles. The standard InChI is InChI=1S/C24H26F2N6O2/c1-15-12-19(32-9-5-18-17(13-32)4-3-8-27-18)29-22(31-10-6-24(25,26)7-11-31)20(15)30-23(33)21-16(2)34-14-28-21/h3-4,8,12,14H,5-7,9-11,13H2,1-2H3,(H,30,33). The molecule has 1 fully saturated rings. The third kappa shape index (κ3) is 4.32. The van der Waals surface area contributed by atoms with Crippen LogP contribution in [-0.2, 0) is 13.0 Å². The first-order valence-electron chi connectivity index (χ1n) is 11.3. The number of carbonyl (C=O) groups is 1. The molecular formula is C24H26F2N6O2. The summed E-state index contributed by atoms with van der Waals surface area (Å²) in [6, 6.07) is 5.91. The van der Waals surface area contributed by atoms with Crippen molar-refractivity contribution in [1.29, 1.82) is 0 Å². The Morgan fingerprint density at radius 2 is 1.94 bits per heavy atom. The molecule has 5 heterocycles. The van der Waals surface area contributed by atoms with Crippen molar-refractivity contribution in [3.63, 3.8) is 0 Å². The molecule has 34 heavy (non-hydrogen) atoms. The lowest BCUT2D eigenvalue weighted by Crippen LogP contribution is -2.40. The molecule has 0 atom stereocenters. The number of aromatic nitrogens is 3. The Morgan fingerprint density at radius 1 is 1.15 bits per heavy atom. The first kappa shape index (κ1) is 22.2. The van der Waals surface area contributed by atoms with Crippen LogP contribution in [0, 0.1) is 13.8 Å². The number of carbonyl (C=O) groups excluding carboxylic acids is 1. The Morgan fingerprint density at radius 3 is 2.68 bits per heavy atom. The molecule has 2 aliphatic heterocycles. The fourth-order valence-corrected chi connectivity index (χ4v) is 4.49. The highest BCUT2D eigenvalue weighted by atomic mass is 19.3. The molecule has 8 nitrogen and oxygen atoms in total. The van der Waals surface area contributed by atoms with E-state index in [9.17, 15) is 13.6 Å². The first-order valence-corrected chi connectivity index (χ1v) is 11.3. The number of pyridine rings is 2. The Hall–Kier alpha value is -3.56. The van der Waals surface area contributed by atoms with Gasteiger partial charge in [0.1, 0.15) is 11.6 Å². The minimum absolute atomic E-state index is 0.154. The summed E-state index contributed by atoms with van der Waals surface area (Å²) in [6.45, 7) is 5.27. The van der Waals surface area contributed by atoms with E-state index in [0.29, 0.717) is 23.8 Å². The summed E-state index contributed by atoms with van der Waals surface area (Å²) in [5.41, 5.74) is 3.70. The molecule has 0 aromatic carbocycles. The molecule has 0 saturated carbocycles. The minimum atomic E-state index is -2.69. The van der Waals surface area contributed by atoms with Crippen molar-refractivity contribution in [2.75, 3.05) is 34.8 Å². The third-order valence-corrected chi connectivity index (χ3v) is 6.47. The van der Waals surface area contributed by atoms with Crippen molar-refractivity contribution in [2.24, 2.45) is 0 Å². The van der Waals surface area contributed by atoms with Crippen molar-refractivity contribution in [3.8, 4) is 0 Å². The predicted molar refractivity (Wildman–Crippen MR) is 124 cm³/mol. The highest BCUT2D eigenvalue weighted by Crippen LogP contribution is 2.37. The number of amides is 1. The number of hydrogen-bond donors (Lipinski definition) is 1. The van der Waals surface area contributed by atoms with Crippen molar-refractivity contribution in [2.45, 2.75) is 45.6 Å². The van der Waals surface area contributed by atoms with Gasteiger partial charge in [0.25, 0.3) is 11.8 Å². The van der Waals surface area contributed by atoms with Gasteiger partial charge in [-0.1, -0.05) is 6.07 Å². The second kappa shape index (κ2) is 8.66. The van der Waals surface area contributed by atoms with Crippen molar-refractivity contribution >= 4 is 23.2 Å². The van der Waals surface area contributed by atoms with Gasteiger partial charge in [0, 0.05) is 57.3 Å². The van der Waals surface area contributed by atoms with Crippen molar-refractivity contribution < 1.29 is 18.0 Å². The Kier molecular flexibility index (Phi) is 5.66. The van der Waals surface area contributed by atoms with Crippen LogP contribution in [-0.4, -0.2) is 46.4 Å². The smallest absolute Gasteiger partial charge is 0.278 e. The van der Waals surface area contributed by atoms with Crippen molar-refractivity contribution in [3.05, 3.63) is 59.1 Å². The maximum Gasteiger partial charge on any atom is 0.278 e. The molecule has 1 amide bonds. The molecule has 2 aliphatic rings. The van der Waals surface area contributed by atoms with Crippen LogP contribution in [0.25, 0.3) is 0 Å². The van der Waals surface area contributed by atoms with Gasteiger partial charge >= 0.3 is 0 Å². The number of piperidine rings is 1. The summed E-state index contributed by atoms with van der Waals surface area (Å²) in [5, 5.41) is 2.90. The van der Waals surface area contributed by atoms with E-state index < -0.39 is 11.8 Å². The number of anilines is 3. The topological polar surface area (TPSA) is 87.4 Å². The lowest BCUT2D eigenvalue weighted by atomic mass is 10.0. The van der Waals surface area contributed by atoms with Gasteiger partial charge in [-0.05, 0) is 37.1 Å². The molecule has 178 valence electrons. The van der Waals surface area contributed by atoms with Crippen LogP contribution in [0.15, 0.2) is 35.2 Å². The highest BCUT2D eigenvalue weighted by molar-refractivity contribution is 6.05. The summed E-state index contributed by atoms with van der Waals surface area (Å²) in [4.78, 5) is 30.2. The summed E-state index contributed by atoms with van der Waals surface area (Å²) >= 11 is 0. The molecule has 5 rings (SSSR count). The molecule has 0 bridgehead atoms. The van der Waals surface area contributed by atoms with Gasteiger partial charge < -0.3 is 19.5 Å². The van der Waals surface area contributed by atoms with Gasteiger partial charge in [-0.2, -0.15) is 0 Å². The van der Waals surface area contributed by atoms with Gasteiger partial charge in [0.05, 0.1) is 5.69 Å². The minimum Gasteiger partial charge on any atom is -0.448 e. The third-order valence-electron chi connectivity index (χ3n) is 6.47. The van der Waals surface area contributed by atoms with Crippen LogP contribution in [0.2, 0.25) is 0 Å². The number of hydrogen-bond acceptors (Lipinski definition) is 7. The maximum atomic E-state index is 13.9. The van der Waals surface area contributed by atoms with E-state index in [0.717, 1.165) is 35.6 Å². The SMILES string of the molecule is Cc1cc(N2CCc3ncccc3C2)nc(N2CCC(F)(F)CC2)c1NC(=O)c1ncoc1C. The lowest BCUT2D eigenvalue weighted by molar-refractivity contribution is -0.0221. The molecule has 1 N–H and O–H groups in total. The molecular weight excluding hydrogens is 442 g/mol. The second-order valence-corrected chi connectivity index (χ2v) is 8.83. The predicted octanol–water partition coefficient (Wildman–Crippen LogP) is 4.13. The fraction of sp³-hybridized carbons (Fsp3) is 0.417. The van der Waals surface area contributed by atoms with Gasteiger partial charge in [0.2, 0.25) is 0 Å². The van der Waals surface area contributed by atoms with Gasteiger partial charge in [-0.15, -0.1) is 0 Å². The summed E-state index contributed by atoms with van der Waals surface area (Å²) < 4.78 is 32.9. The Labute approximate surface area is 196 Å². The molecule has 10 heteroatoms. The van der Waals surface area contributed by atoms with Crippen LogP contribution in [0.4, 0.5) is 26.1 Å². The quantitative estimate of drug-likeness (QED) is 0.616. The van der Waals surface area contributed by atoms with Crippen LogP contribution in [0.3, 0.4) is 0 Å². The van der Waals surface area contributed by atoms with E-state index in [4.69, 9.17) is 9.40 Å². The van der Waals surface area contributed by atoms with Crippen LogP contribution in [0.1, 0.15) is 45.9 Å². The number of fused-ring (bicyclic) bond motifs is 1. The van der Waals surface area contributed by atoms with E-state index in [1.165, 1.54) is 6.39 Å². The summed E-state index contributed by atoms with van der Waals surface area (Å²) in [7, 11) is 0. The summed E-state index contributed by atoms with van der Waals surface area (Å²) in [6.07, 6.45) is 3.31. The van der Waals surface area contributed by atoms with E-state index in [2.05, 4.69) is 26.3 Å². The zero-order valence-corrected chi connectivity index (χ0v) is 19.1. The average molecular weight is 469 g/mol. The number of alkyl halides is 2. The van der Waals surface area contributed by atoms with Crippen molar-refractivity contribution in [1.82, 2.24) is 15.0 Å². The Bertz CT molecular complexity index is 1220. The number of halogens is 2. The molecule has 0 radical (unpaired) electrons. The average Bonchev–Trinajstić information content (AvgIpc) is 3.26. The second-order valence-electron chi connectivity index (χ2n) is 8.83. The number of aryl methyl sites for hydroxylation is 2. The zero-order chi connectivity index (χ0) is 23.9. The molecule has 3 aromatic rings. The van der Waals surface area contributed by atoms with Crippen LogP contribution >= 0.6 is 0 Å². The van der Waals surface area contributed by atoms with E-state index >= 15 is 0 Å². The lowest BCUT2D eigenvalue weighted by Gasteiger charge is -2.35. The van der Waals surface area contributed by atoms with Crippen LogP contribution in [0.5, 0.6) is 0 Å². The highest BCUT2D eigenvalue weighted by Gasteiger charge is 2.36. The number of rotatable bonds is 4.